The molecule has 0 spiro atoms. The van der Waals surface area contributed by atoms with E-state index in [0.29, 0.717) is 9.24 Å². The molecule has 0 atom stereocenters. The summed E-state index contributed by atoms with van der Waals surface area (Å²) in [5.74, 6) is -0.172. The molecule has 0 saturated carbocycles. The lowest BCUT2D eigenvalue weighted by molar-refractivity contribution is -0.387. The van der Waals surface area contributed by atoms with Gasteiger partial charge in [-0.3, -0.25) is 10.1 Å². The van der Waals surface area contributed by atoms with Crippen LogP contribution in [0, 0.1) is 10.1 Å². The van der Waals surface area contributed by atoms with Gasteiger partial charge < -0.3 is 10.9 Å². The molecule has 0 unspecified atom stereocenters. The number of nitrogens with zero attached hydrogens (tertiary/aromatic N) is 3. The van der Waals surface area contributed by atoms with Crippen molar-refractivity contribution in [1.29, 1.82) is 0 Å². The number of benzene rings is 1. The van der Waals surface area contributed by atoms with Crippen LogP contribution in [0.1, 0.15) is 5.56 Å². The van der Waals surface area contributed by atoms with Crippen molar-refractivity contribution in [2.45, 2.75) is 9.24 Å². The zero-order valence-electron chi connectivity index (χ0n) is 9.39. The predicted molar refractivity (Wildman–Crippen MR) is 71.8 cm³/mol. The van der Waals surface area contributed by atoms with E-state index in [2.05, 4.69) is 10.1 Å². The fraction of sp³-hybridized carbons (Fsp3) is 0. The number of hydrogen-bond donors (Lipinski definition) is 2. The molecule has 2 aromatic rings. The van der Waals surface area contributed by atoms with Gasteiger partial charge in [-0.15, -0.1) is 11.3 Å². The molecule has 7 nitrogen and oxygen atoms in total. The van der Waals surface area contributed by atoms with Crippen LogP contribution in [0.4, 0.5) is 5.69 Å². The highest BCUT2D eigenvalue weighted by atomic mass is 32.2. The number of nitro benzene ring substituents is 1. The number of nitro groups is 1. The first-order valence-electron chi connectivity index (χ1n) is 4.95. The van der Waals surface area contributed by atoms with Crippen molar-refractivity contribution in [1.82, 2.24) is 4.98 Å². The van der Waals surface area contributed by atoms with Gasteiger partial charge in [-0.1, -0.05) is 16.9 Å². The SMILES string of the molecule is NC(=NO)c1ccc(Sc2nccs2)c([N+](=O)[O-])c1. The number of nitrogens with two attached hydrogens (primary N) is 1. The molecule has 3 N–H and O–H groups in total. The molecule has 0 amide bonds. The maximum absolute atomic E-state index is 11.0. The van der Waals surface area contributed by atoms with Gasteiger partial charge in [0.2, 0.25) is 0 Å². The van der Waals surface area contributed by atoms with Crippen LogP contribution in [0.3, 0.4) is 0 Å². The van der Waals surface area contributed by atoms with Gasteiger partial charge >= 0.3 is 0 Å². The van der Waals surface area contributed by atoms with Gasteiger partial charge in [0.15, 0.2) is 10.2 Å². The van der Waals surface area contributed by atoms with Crippen molar-refractivity contribution < 1.29 is 10.1 Å². The molecule has 0 fully saturated rings. The first-order valence-corrected chi connectivity index (χ1v) is 6.65. The molecule has 1 aromatic heterocycles. The average molecular weight is 296 g/mol. The summed E-state index contributed by atoms with van der Waals surface area (Å²) in [6.45, 7) is 0. The number of hydrogen-bond acceptors (Lipinski definition) is 7. The zero-order valence-corrected chi connectivity index (χ0v) is 11.0. The van der Waals surface area contributed by atoms with E-state index in [1.54, 1.807) is 23.7 Å². The summed E-state index contributed by atoms with van der Waals surface area (Å²) in [7, 11) is 0. The molecule has 0 aliphatic carbocycles. The molecule has 2 rings (SSSR count). The molecule has 0 aliphatic rings. The fourth-order valence-electron chi connectivity index (χ4n) is 1.32. The molecule has 0 saturated heterocycles. The van der Waals surface area contributed by atoms with Crippen molar-refractivity contribution in [3.05, 3.63) is 45.5 Å². The average Bonchev–Trinajstić information content (AvgIpc) is 2.91. The van der Waals surface area contributed by atoms with Crippen LogP contribution < -0.4 is 5.73 Å². The summed E-state index contributed by atoms with van der Waals surface area (Å²) in [6.07, 6.45) is 1.63. The fourth-order valence-corrected chi connectivity index (χ4v) is 2.98. The monoisotopic (exact) mass is 296 g/mol. The second-order valence-electron chi connectivity index (χ2n) is 3.32. The van der Waals surface area contributed by atoms with Crippen molar-refractivity contribution in [2.24, 2.45) is 10.9 Å². The minimum Gasteiger partial charge on any atom is -0.409 e. The van der Waals surface area contributed by atoms with Gasteiger partial charge in [-0.25, -0.2) is 4.98 Å². The second-order valence-corrected chi connectivity index (χ2v) is 5.51. The van der Waals surface area contributed by atoms with Crippen LogP contribution in [-0.4, -0.2) is 21.0 Å². The largest absolute Gasteiger partial charge is 0.409 e. The Balaban J connectivity index is 2.41. The maximum Gasteiger partial charge on any atom is 0.284 e. The van der Waals surface area contributed by atoms with E-state index >= 15 is 0 Å². The van der Waals surface area contributed by atoms with Crippen molar-refractivity contribution >= 4 is 34.6 Å². The maximum atomic E-state index is 11.0. The number of thiazole rings is 1. The summed E-state index contributed by atoms with van der Waals surface area (Å²) in [4.78, 5) is 15.0. The summed E-state index contributed by atoms with van der Waals surface area (Å²) in [5, 5.41) is 24.2. The normalized spacial score (nSPS) is 11.5. The molecule has 0 radical (unpaired) electrons. The van der Waals surface area contributed by atoms with E-state index in [9.17, 15) is 10.1 Å². The molecule has 0 bridgehead atoms. The van der Waals surface area contributed by atoms with E-state index in [1.165, 1.54) is 29.2 Å². The highest BCUT2D eigenvalue weighted by molar-refractivity contribution is 8.01. The van der Waals surface area contributed by atoms with Gasteiger partial charge in [-0.2, -0.15) is 0 Å². The Bertz CT molecular complexity index is 628. The number of oxime groups is 1. The molecule has 98 valence electrons. The lowest BCUT2D eigenvalue weighted by Gasteiger charge is -2.03. The van der Waals surface area contributed by atoms with Crippen LogP contribution in [-0.2, 0) is 0 Å². The summed E-state index contributed by atoms with van der Waals surface area (Å²) in [5.41, 5.74) is 5.59. The Labute approximate surface area is 115 Å². The van der Waals surface area contributed by atoms with Crippen molar-refractivity contribution in [2.75, 3.05) is 0 Å². The molecule has 1 aromatic carbocycles. The predicted octanol–water partition coefficient (Wildman–Crippen LogP) is 2.30. The molecule has 1 heterocycles. The third-order valence-corrected chi connectivity index (χ3v) is 4.11. The van der Waals surface area contributed by atoms with E-state index in [-0.39, 0.29) is 17.1 Å². The Morgan fingerprint density at radius 1 is 1.58 bits per heavy atom. The first-order chi connectivity index (χ1) is 9.11. The lowest BCUT2D eigenvalue weighted by Crippen LogP contribution is -2.13. The van der Waals surface area contributed by atoms with E-state index < -0.39 is 4.92 Å². The summed E-state index contributed by atoms with van der Waals surface area (Å²) in [6, 6.07) is 4.38. The summed E-state index contributed by atoms with van der Waals surface area (Å²) >= 11 is 2.59. The van der Waals surface area contributed by atoms with Crippen molar-refractivity contribution in [3.63, 3.8) is 0 Å². The van der Waals surface area contributed by atoms with Gasteiger partial charge in [0, 0.05) is 23.2 Å². The topological polar surface area (TPSA) is 115 Å². The van der Waals surface area contributed by atoms with Crippen LogP contribution in [0.5, 0.6) is 0 Å². The zero-order chi connectivity index (χ0) is 13.8. The van der Waals surface area contributed by atoms with E-state index in [4.69, 9.17) is 10.9 Å². The van der Waals surface area contributed by atoms with Crippen LogP contribution >= 0.6 is 23.1 Å². The highest BCUT2D eigenvalue weighted by Crippen LogP contribution is 2.36. The van der Waals surface area contributed by atoms with Crippen LogP contribution in [0.15, 0.2) is 44.2 Å². The molecular formula is C10H8N4O3S2. The first kappa shape index (κ1) is 13.3. The Hall–Kier alpha value is -2.13. The minimum atomic E-state index is -0.510. The highest BCUT2D eigenvalue weighted by Gasteiger charge is 2.17. The van der Waals surface area contributed by atoms with Gasteiger partial charge in [0.25, 0.3) is 5.69 Å². The second kappa shape index (κ2) is 5.67. The Kier molecular flexibility index (Phi) is 3.97. The third kappa shape index (κ3) is 3.01. The molecular weight excluding hydrogens is 288 g/mol. The Morgan fingerprint density at radius 2 is 2.37 bits per heavy atom. The third-order valence-electron chi connectivity index (χ3n) is 2.17. The van der Waals surface area contributed by atoms with Crippen LogP contribution in [0.25, 0.3) is 0 Å². The van der Waals surface area contributed by atoms with Gasteiger partial charge in [-0.05, 0) is 12.1 Å². The van der Waals surface area contributed by atoms with Gasteiger partial charge in [0.1, 0.15) is 0 Å². The number of rotatable bonds is 4. The van der Waals surface area contributed by atoms with Crippen LogP contribution in [0.2, 0.25) is 0 Å². The molecule has 19 heavy (non-hydrogen) atoms. The van der Waals surface area contributed by atoms with E-state index in [0.717, 1.165) is 0 Å². The smallest absolute Gasteiger partial charge is 0.284 e. The number of aromatic nitrogens is 1. The van der Waals surface area contributed by atoms with Crippen molar-refractivity contribution in [3.8, 4) is 0 Å². The number of amidine groups is 1. The van der Waals surface area contributed by atoms with Gasteiger partial charge in [0.05, 0.1) is 9.82 Å². The molecule has 0 aliphatic heterocycles. The lowest BCUT2D eigenvalue weighted by atomic mass is 10.2. The quantitative estimate of drug-likeness (QED) is 0.294. The molecule has 9 heteroatoms. The summed E-state index contributed by atoms with van der Waals surface area (Å²) < 4.78 is 0.708. The Morgan fingerprint density at radius 3 is 2.95 bits per heavy atom. The van der Waals surface area contributed by atoms with E-state index in [1.807, 2.05) is 0 Å². The minimum absolute atomic E-state index is 0.107. The standard InChI is InChI=1S/C10H8N4O3S2/c11-9(13-15)6-1-2-8(7(5-6)14(16)17)19-10-12-3-4-18-10/h1-5,15H,(H2,11,13).